The molecule has 0 unspecified atom stereocenters. The minimum Gasteiger partial charge on any atom is -0.496 e. The molecule has 0 aromatic heterocycles. The summed E-state index contributed by atoms with van der Waals surface area (Å²) in [6.07, 6.45) is 0.719. The van der Waals surface area contributed by atoms with Gasteiger partial charge in [-0.05, 0) is 37.1 Å². The van der Waals surface area contributed by atoms with E-state index in [1.54, 1.807) is 56.9 Å². The minimum atomic E-state index is -0.0675. The Balaban J connectivity index is 2.25. The summed E-state index contributed by atoms with van der Waals surface area (Å²) in [6, 6.07) is 7.35. The van der Waals surface area contributed by atoms with Crippen molar-refractivity contribution in [2.75, 3.05) is 70.1 Å². The van der Waals surface area contributed by atoms with E-state index in [-0.39, 0.29) is 13.2 Å². The molecule has 0 atom stereocenters. The van der Waals surface area contributed by atoms with Crippen LogP contribution >= 0.6 is 0 Å². The highest BCUT2D eigenvalue weighted by atomic mass is 16.5. The number of fused-ring (bicyclic) bond motifs is 2. The highest BCUT2D eigenvalue weighted by Crippen LogP contribution is 2.56. The molecule has 0 aliphatic carbocycles. The molecule has 0 saturated carbocycles. The largest absolute Gasteiger partial charge is 0.496 e. The molecule has 42 heavy (non-hydrogen) atoms. The highest BCUT2D eigenvalue weighted by molar-refractivity contribution is 6.11. The summed E-state index contributed by atoms with van der Waals surface area (Å²) in [5, 5.41) is 21.9. The lowest BCUT2D eigenvalue weighted by Gasteiger charge is -2.24. The SMILES string of the molecule is COc1cc(-c2cc(OC)c3c(OC)c(CCO)cc(OC)c3c2OC)c(OC)c2c(OC)cc(CCO)c(OC)c12. The number of aliphatic hydroxyl groups is 2. The molecule has 2 N–H and O–H groups in total. The summed E-state index contributed by atoms with van der Waals surface area (Å²) < 4.78 is 47.3. The van der Waals surface area contributed by atoms with E-state index in [1.165, 1.54) is 0 Å². The van der Waals surface area contributed by atoms with E-state index in [2.05, 4.69) is 0 Å². The van der Waals surface area contributed by atoms with Crippen molar-refractivity contribution in [2.24, 2.45) is 0 Å². The van der Waals surface area contributed by atoms with Crippen molar-refractivity contribution < 1.29 is 48.1 Å². The van der Waals surface area contributed by atoms with Crippen LogP contribution in [0.1, 0.15) is 11.1 Å². The number of aliphatic hydroxyl groups excluding tert-OH is 2. The van der Waals surface area contributed by atoms with Crippen LogP contribution in [-0.2, 0) is 12.8 Å². The Bertz CT molecular complexity index is 1480. The van der Waals surface area contributed by atoms with Crippen LogP contribution in [0.3, 0.4) is 0 Å². The van der Waals surface area contributed by atoms with E-state index in [1.807, 2.05) is 24.3 Å². The molecule has 226 valence electrons. The Morgan fingerprint density at radius 2 is 0.690 bits per heavy atom. The molecule has 10 nitrogen and oxygen atoms in total. The lowest BCUT2D eigenvalue weighted by molar-refractivity contribution is 0.296. The minimum absolute atomic E-state index is 0.0675. The van der Waals surface area contributed by atoms with Crippen LogP contribution in [0.25, 0.3) is 32.7 Å². The van der Waals surface area contributed by atoms with Gasteiger partial charge < -0.3 is 48.1 Å². The third-order valence-corrected chi connectivity index (χ3v) is 7.38. The molecule has 0 saturated heterocycles. The fraction of sp³-hybridized carbons (Fsp3) is 0.375. The summed E-state index contributed by atoms with van der Waals surface area (Å²) >= 11 is 0. The molecule has 4 rings (SSSR count). The molecule has 0 bridgehead atoms. The first-order valence-electron chi connectivity index (χ1n) is 13.3. The Labute approximate surface area is 245 Å². The second kappa shape index (κ2) is 13.1. The third kappa shape index (κ3) is 4.90. The molecule has 0 spiro atoms. The third-order valence-electron chi connectivity index (χ3n) is 7.38. The molecular weight excluding hydrogens is 544 g/mol. The Kier molecular flexibility index (Phi) is 9.59. The number of hydrogen-bond acceptors (Lipinski definition) is 10. The van der Waals surface area contributed by atoms with E-state index in [9.17, 15) is 10.2 Å². The van der Waals surface area contributed by atoms with Crippen LogP contribution in [0.4, 0.5) is 0 Å². The Morgan fingerprint density at radius 1 is 0.405 bits per heavy atom. The van der Waals surface area contributed by atoms with Crippen molar-refractivity contribution in [2.45, 2.75) is 12.8 Å². The normalized spacial score (nSPS) is 11.0. The quantitative estimate of drug-likeness (QED) is 0.228. The van der Waals surface area contributed by atoms with E-state index in [0.717, 1.165) is 11.1 Å². The van der Waals surface area contributed by atoms with Crippen LogP contribution in [0.15, 0.2) is 24.3 Å². The van der Waals surface area contributed by atoms with Crippen molar-refractivity contribution >= 4 is 21.5 Å². The molecule has 0 heterocycles. The number of methoxy groups -OCH3 is 8. The van der Waals surface area contributed by atoms with Gasteiger partial charge in [0.2, 0.25) is 0 Å². The standard InChI is InChI=1S/C32H38O10/c1-35-21-13-17(9-11-33)29(39-5)25-23(37-3)15-19(31(41-7)27(21)25)20-16-24(38-4)26-28(32(20)42-8)22(36-2)14-18(10-12-34)30(26)40-6/h13-16,33-34H,9-12H2,1-8H3. The number of hydrogen-bond donors (Lipinski definition) is 2. The van der Waals surface area contributed by atoms with Crippen LogP contribution < -0.4 is 37.9 Å². The first-order valence-corrected chi connectivity index (χ1v) is 13.3. The number of rotatable bonds is 13. The topological polar surface area (TPSA) is 114 Å². The van der Waals surface area contributed by atoms with Crippen LogP contribution in [0, 0.1) is 0 Å². The summed E-state index contributed by atoms with van der Waals surface area (Å²) in [5.74, 6) is 4.11. The zero-order chi connectivity index (χ0) is 30.6. The van der Waals surface area contributed by atoms with Gasteiger partial charge >= 0.3 is 0 Å². The maximum Gasteiger partial charge on any atom is 0.138 e. The van der Waals surface area contributed by atoms with Crippen molar-refractivity contribution in [3.05, 3.63) is 35.4 Å². The van der Waals surface area contributed by atoms with Gasteiger partial charge in [-0.2, -0.15) is 0 Å². The molecule has 0 amide bonds. The van der Waals surface area contributed by atoms with Gasteiger partial charge in [0.15, 0.2) is 0 Å². The van der Waals surface area contributed by atoms with Gasteiger partial charge in [-0.15, -0.1) is 0 Å². The van der Waals surface area contributed by atoms with Gasteiger partial charge in [0.1, 0.15) is 46.0 Å². The van der Waals surface area contributed by atoms with Crippen LogP contribution in [0.5, 0.6) is 46.0 Å². The fourth-order valence-electron chi connectivity index (χ4n) is 5.66. The van der Waals surface area contributed by atoms with Crippen molar-refractivity contribution in [1.29, 1.82) is 0 Å². The molecule has 4 aromatic carbocycles. The van der Waals surface area contributed by atoms with Gasteiger partial charge in [0, 0.05) is 35.5 Å². The Hall–Kier alpha value is -4.28. The van der Waals surface area contributed by atoms with E-state index < -0.39 is 0 Å². The van der Waals surface area contributed by atoms with E-state index in [0.29, 0.717) is 91.5 Å². The van der Waals surface area contributed by atoms with Crippen LogP contribution in [0.2, 0.25) is 0 Å². The average Bonchev–Trinajstić information content (AvgIpc) is 3.02. The second-order valence-corrected chi connectivity index (χ2v) is 9.31. The molecule has 0 aliphatic rings. The lowest BCUT2D eigenvalue weighted by atomic mass is 9.91. The smallest absolute Gasteiger partial charge is 0.138 e. The zero-order valence-corrected chi connectivity index (χ0v) is 25.3. The molecule has 4 aromatic rings. The molecule has 0 fully saturated rings. The maximum atomic E-state index is 9.71. The second-order valence-electron chi connectivity index (χ2n) is 9.31. The predicted octanol–water partition coefficient (Wildman–Crippen LogP) is 4.80. The maximum absolute atomic E-state index is 9.71. The summed E-state index contributed by atoms with van der Waals surface area (Å²) in [7, 11) is 12.6. The van der Waals surface area contributed by atoms with Gasteiger partial charge in [0.05, 0.1) is 78.4 Å². The predicted molar refractivity (Wildman–Crippen MR) is 161 cm³/mol. The van der Waals surface area contributed by atoms with Crippen LogP contribution in [-0.4, -0.2) is 80.3 Å². The van der Waals surface area contributed by atoms with Gasteiger partial charge in [0.25, 0.3) is 0 Å². The van der Waals surface area contributed by atoms with Gasteiger partial charge in [-0.3, -0.25) is 0 Å². The average molecular weight is 583 g/mol. The number of benzene rings is 4. The summed E-state index contributed by atoms with van der Waals surface area (Å²) in [5.41, 5.74) is 2.79. The summed E-state index contributed by atoms with van der Waals surface area (Å²) in [4.78, 5) is 0. The number of ether oxygens (including phenoxy) is 8. The lowest BCUT2D eigenvalue weighted by Crippen LogP contribution is -2.04. The van der Waals surface area contributed by atoms with Gasteiger partial charge in [-0.1, -0.05) is 0 Å². The van der Waals surface area contributed by atoms with Crippen molar-refractivity contribution in [3.8, 4) is 57.1 Å². The molecule has 0 aliphatic heterocycles. The fourth-order valence-corrected chi connectivity index (χ4v) is 5.66. The monoisotopic (exact) mass is 582 g/mol. The summed E-state index contributed by atoms with van der Waals surface area (Å²) in [6.45, 7) is -0.135. The zero-order valence-electron chi connectivity index (χ0n) is 25.3. The molecule has 10 heteroatoms. The molecule has 0 radical (unpaired) electrons. The van der Waals surface area contributed by atoms with E-state index in [4.69, 9.17) is 37.9 Å². The van der Waals surface area contributed by atoms with E-state index >= 15 is 0 Å². The first kappa shape index (κ1) is 30.7. The van der Waals surface area contributed by atoms with Gasteiger partial charge in [-0.25, -0.2) is 0 Å². The highest BCUT2D eigenvalue weighted by Gasteiger charge is 2.29. The Morgan fingerprint density at radius 3 is 0.952 bits per heavy atom. The van der Waals surface area contributed by atoms with Crippen molar-refractivity contribution in [1.82, 2.24) is 0 Å². The first-order chi connectivity index (χ1) is 20.4. The molecular formula is C32H38O10. The van der Waals surface area contributed by atoms with Crippen molar-refractivity contribution in [3.63, 3.8) is 0 Å².